The Hall–Kier alpha value is -2.55. The van der Waals surface area contributed by atoms with Crippen molar-refractivity contribution in [2.45, 2.75) is 6.92 Å². The summed E-state index contributed by atoms with van der Waals surface area (Å²) in [5.41, 5.74) is 6.89. The van der Waals surface area contributed by atoms with Crippen LogP contribution in [0.25, 0.3) is 33.5 Å². The van der Waals surface area contributed by atoms with Gasteiger partial charge >= 0.3 is 0 Å². The molecule has 0 bridgehead atoms. The van der Waals surface area contributed by atoms with Crippen LogP contribution in [0.1, 0.15) is 5.69 Å². The number of aryl methyl sites for hydroxylation is 1. The zero-order chi connectivity index (χ0) is 19.0. The minimum atomic E-state index is -0.258. The fraction of sp³-hybridized carbons (Fsp3) is 0.0435. The minimum Gasteiger partial charge on any atom is -0.358 e. The standard InChI is InChI=1S/C23H16Cl2FN/c1-14-21(15-8-10-20(26)11-9-15)22(16-4-2-6-18(24)12-16)23(27-14)17-5-3-7-19(25)13-17/h2-13,27H,1H3. The van der Waals surface area contributed by atoms with E-state index in [-0.39, 0.29) is 5.82 Å². The lowest BCUT2D eigenvalue weighted by Crippen LogP contribution is -1.86. The summed E-state index contributed by atoms with van der Waals surface area (Å²) in [5, 5.41) is 1.33. The highest BCUT2D eigenvalue weighted by Gasteiger charge is 2.20. The Morgan fingerprint density at radius 2 is 1.30 bits per heavy atom. The van der Waals surface area contributed by atoms with Crippen molar-refractivity contribution in [3.05, 3.63) is 94.4 Å². The Kier molecular flexibility index (Phi) is 4.77. The second kappa shape index (κ2) is 7.22. The number of aromatic amines is 1. The maximum Gasteiger partial charge on any atom is 0.123 e. The van der Waals surface area contributed by atoms with Gasteiger partial charge in [0.15, 0.2) is 0 Å². The molecule has 134 valence electrons. The fourth-order valence-electron chi connectivity index (χ4n) is 3.40. The third kappa shape index (κ3) is 3.51. The van der Waals surface area contributed by atoms with Crippen LogP contribution < -0.4 is 0 Å². The summed E-state index contributed by atoms with van der Waals surface area (Å²) in [6.45, 7) is 2.01. The summed E-state index contributed by atoms with van der Waals surface area (Å²) < 4.78 is 13.5. The molecule has 0 aliphatic carbocycles. The van der Waals surface area contributed by atoms with Gasteiger partial charge in [0.05, 0.1) is 5.69 Å². The van der Waals surface area contributed by atoms with Crippen LogP contribution in [0.15, 0.2) is 72.8 Å². The number of benzene rings is 3. The van der Waals surface area contributed by atoms with E-state index in [0.29, 0.717) is 10.0 Å². The van der Waals surface area contributed by atoms with Crippen LogP contribution in [0.4, 0.5) is 4.39 Å². The second-order valence-corrected chi connectivity index (χ2v) is 7.28. The number of rotatable bonds is 3. The predicted molar refractivity (Wildman–Crippen MR) is 112 cm³/mol. The van der Waals surface area contributed by atoms with Crippen molar-refractivity contribution in [2.75, 3.05) is 0 Å². The number of aromatic nitrogens is 1. The summed E-state index contributed by atoms with van der Waals surface area (Å²) in [6.07, 6.45) is 0. The molecule has 0 saturated carbocycles. The zero-order valence-corrected chi connectivity index (χ0v) is 16.1. The molecule has 1 heterocycles. The summed E-state index contributed by atoms with van der Waals surface area (Å²) >= 11 is 12.5. The molecule has 1 N–H and O–H groups in total. The molecule has 0 unspecified atom stereocenters. The summed E-state index contributed by atoms with van der Waals surface area (Å²) in [7, 11) is 0. The highest BCUT2D eigenvalue weighted by Crippen LogP contribution is 2.43. The van der Waals surface area contributed by atoms with Gasteiger partial charge in [0.2, 0.25) is 0 Å². The lowest BCUT2D eigenvalue weighted by molar-refractivity contribution is 0.628. The van der Waals surface area contributed by atoms with Gasteiger partial charge in [0.1, 0.15) is 5.82 Å². The van der Waals surface area contributed by atoms with E-state index in [1.54, 1.807) is 12.1 Å². The molecule has 0 aliphatic heterocycles. The van der Waals surface area contributed by atoms with Gasteiger partial charge in [-0.25, -0.2) is 4.39 Å². The molecular weight excluding hydrogens is 380 g/mol. The van der Waals surface area contributed by atoms with E-state index < -0.39 is 0 Å². The monoisotopic (exact) mass is 395 g/mol. The maximum atomic E-state index is 13.5. The molecule has 0 amide bonds. The van der Waals surface area contributed by atoms with E-state index in [9.17, 15) is 4.39 Å². The molecular formula is C23H16Cl2FN. The van der Waals surface area contributed by atoms with Crippen LogP contribution in [-0.4, -0.2) is 4.98 Å². The first-order chi connectivity index (χ1) is 13.0. The molecule has 0 fully saturated rings. The van der Waals surface area contributed by atoms with Gasteiger partial charge in [-0.2, -0.15) is 0 Å². The molecule has 4 heteroatoms. The van der Waals surface area contributed by atoms with E-state index in [2.05, 4.69) is 4.98 Å². The van der Waals surface area contributed by atoms with Crippen molar-refractivity contribution in [1.82, 2.24) is 4.98 Å². The number of halogens is 3. The van der Waals surface area contributed by atoms with Crippen LogP contribution in [0, 0.1) is 12.7 Å². The van der Waals surface area contributed by atoms with Crippen LogP contribution in [0.2, 0.25) is 10.0 Å². The fourth-order valence-corrected chi connectivity index (χ4v) is 3.78. The first-order valence-electron chi connectivity index (χ1n) is 8.53. The summed E-state index contributed by atoms with van der Waals surface area (Å²) in [5.74, 6) is -0.258. The van der Waals surface area contributed by atoms with E-state index in [0.717, 1.165) is 39.2 Å². The van der Waals surface area contributed by atoms with Gasteiger partial charge in [-0.05, 0) is 54.4 Å². The SMILES string of the molecule is Cc1[nH]c(-c2cccc(Cl)c2)c(-c2cccc(Cl)c2)c1-c1ccc(F)cc1. The molecule has 1 aromatic heterocycles. The van der Waals surface area contributed by atoms with E-state index in [4.69, 9.17) is 23.2 Å². The molecule has 27 heavy (non-hydrogen) atoms. The van der Waals surface area contributed by atoms with Crippen molar-refractivity contribution in [1.29, 1.82) is 0 Å². The molecule has 1 nitrogen and oxygen atoms in total. The van der Waals surface area contributed by atoms with Crippen LogP contribution in [0.3, 0.4) is 0 Å². The lowest BCUT2D eigenvalue weighted by Gasteiger charge is -2.10. The third-order valence-electron chi connectivity index (χ3n) is 4.55. The Morgan fingerprint density at radius 1 is 0.704 bits per heavy atom. The zero-order valence-electron chi connectivity index (χ0n) is 14.6. The molecule has 0 spiro atoms. The number of hydrogen-bond acceptors (Lipinski definition) is 0. The number of hydrogen-bond donors (Lipinski definition) is 1. The molecule has 3 aromatic carbocycles. The Morgan fingerprint density at radius 3 is 1.93 bits per heavy atom. The average molecular weight is 396 g/mol. The quantitative estimate of drug-likeness (QED) is 0.364. The van der Waals surface area contributed by atoms with Gasteiger partial charge < -0.3 is 4.98 Å². The molecule has 0 saturated heterocycles. The molecule has 0 aliphatic rings. The Labute approximate surface area is 167 Å². The molecule has 4 rings (SSSR count). The summed E-state index contributed by atoms with van der Waals surface area (Å²) in [6, 6.07) is 22.0. The highest BCUT2D eigenvalue weighted by molar-refractivity contribution is 6.31. The molecule has 0 radical (unpaired) electrons. The van der Waals surface area contributed by atoms with Crippen molar-refractivity contribution < 1.29 is 4.39 Å². The van der Waals surface area contributed by atoms with E-state index in [1.165, 1.54) is 12.1 Å². The van der Waals surface area contributed by atoms with Crippen molar-refractivity contribution in [3.8, 4) is 33.5 Å². The third-order valence-corrected chi connectivity index (χ3v) is 5.02. The predicted octanol–water partition coefficient (Wildman–Crippen LogP) is 7.77. The molecule has 0 atom stereocenters. The number of nitrogens with one attached hydrogen (secondary N) is 1. The van der Waals surface area contributed by atoms with Gasteiger partial charge in [-0.1, -0.05) is 59.6 Å². The van der Waals surface area contributed by atoms with Gasteiger partial charge in [-0.3, -0.25) is 0 Å². The number of H-pyrrole nitrogens is 1. The normalized spacial score (nSPS) is 11.0. The second-order valence-electron chi connectivity index (χ2n) is 6.40. The largest absolute Gasteiger partial charge is 0.358 e. The van der Waals surface area contributed by atoms with Crippen molar-refractivity contribution >= 4 is 23.2 Å². The average Bonchev–Trinajstić information content (AvgIpc) is 3.00. The Balaban J connectivity index is 2.03. The highest BCUT2D eigenvalue weighted by atomic mass is 35.5. The smallest absolute Gasteiger partial charge is 0.123 e. The van der Waals surface area contributed by atoms with E-state index >= 15 is 0 Å². The Bertz CT molecular complexity index is 1110. The van der Waals surface area contributed by atoms with Crippen molar-refractivity contribution in [2.24, 2.45) is 0 Å². The van der Waals surface area contributed by atoms with Gasteiger partial charge in [-0.15, -0.1) is 0 Å². The first kappa shape index (κ1) is 17.8. The van der Waals surface area contributed by atoms with Crippen LogP contribution >= 0.6 is 23.2 Å². The lowest BCUT2D eigenvalue weighted by atomic mass is 9.93. The van der Waals surface area contributed by atoms with Crippen LogP contribution in [-0.2, 0) is 0 Å². The summed E-state index contributed by atoms with van der Waals surface area (Å²) in [4.78, 5) is 3.49. The van der Waals surface area contributed by atoms with Crippen molar-refractivity contribution in [3.63, 3.8) is 0 Å². The first-order valence-corrected chi connectivity index (χ1v) is 9.29. The van der Waals surface area contributed by atoms with Gasteiger partial charge in [0.25, 0.3) is 0 Å². The van der Waals surface area contributed by atoms with Gasteiger partial charge in [0, 0.05) is 32.4 Å². The topological polar surface area (TPSA) is 15.8 Å². The van der Waals surface area contributed by atoms with E-state index in [1.807, 2.05) is 55.5 Å². The molecule has 4 aromatic rings. The minimum absolute atomic E-state index is 0.258. The van der Waals surface area contributed by atoms with Crippen LogP contribution in [0.5, 0.6) is 0 Å². The maximum absolute atomic E-state index is 13.5.